The molecule has 1 amide bonds. The van der Waals surface area contributed by atoms with E-state index in [1.165, 1.54) is 11.0 Å². The molecule has 0 spiro atoms. The summed E-state index contributed by atoms with van der Waals surface area (Å²) in [5.41, 5.74) is 1.16. The third-order valence-corrected chi connectivity index (χ3v) is 5.19. The Morgan fingerprint density at radius 1 is 1.23 bits per heavy atom. The Labute approximate surface area is 164 Å². The Morgan fingerprint density at radius 3 is 2.69 bits per heavy atom. The number of phenolic OH excluding ortho intramolecular Hbond substituents is 1. The van der Waals surface area contributed by atoms with Crippen molar-refractivity contribution in [2.24, 2.45) is 0 Å². The lowest BCUT2D eigenvalue weighted by atomic mass is 10.2. The first-order chi connectivity index (χ1) is 12.4. The topological polar surface area (TPSA) is 73.6 Å². The average molecular weight is 409 g/mol. The molecule has 2 aromatic rings. The summed E-state index contributed by atoms with van der Waals surface area (Å²) < 4.78 is 5.35. The highest BCUT2D eigenvalue weighted by Crippen LogP contribution is 2.38. The Balaban J connectivity index is 1.92. The van der Waals surface area contributed by atoms with E-state index < -0.39 is 0 Å². The molecule has 1 aliphatic heterocycles. The van der Waals surface area contributed by atoms with Crippen molar-refractivity contribution in [1.29, 1.82) is 5.41 Å². The number of carbonyl (C=O) groups excluding carboxylic acids is 1. The molecule has 1 saturated heterocycles. The van der Waals surface area contributed by atoms with Gasteiger partial charge < -0.3 is 9.84 Å². The third kappa shape index (κ3) is 3.67. The standard InChI is InChI=1S/C18H14Cl2N2O3S/c1-2-25-15-7-10(3-6-14(15)23)8-16-17(24)22(18(21)26-16)11-4-5-12(19)13(20)9-11/h3-9,21,23H,2H2,1H3/b16-8-,21-18?. The molecule has 134 valence electrons. The van der Waals surface area contributed by atoms with Gasteiger partial charge in [-0.3, -0.25) is 15.1 Å². The summed E-state index contributed by atoms with van der Waals surface area (Å²) in [4.78, 5) is 14.4. The van der Waals surface area contributed by atoms with Crippen molar-refractivity contribution in [2.75, 3.05) is 11.5 Å². The molecule has 0 bridgehead atoms. The second-order valence-corrected chi connectivity index (χ2v) is 7.16. The summed E-state index contributed by atoms with van der Waals surface area (Å²) in [5.74, 6) is 0.0442. The highest BCUT2D eigenvalue weighted by atomic mass is 35.5. The average Bonchev–Trinajstić information content (AvgIpc) is 2.87. The van der Waals surface area contributed by atoms with Crippen molar-refractivity contribution < 1.29 is 14.6 Å². The molecular formula is C18H14Cl2N2O3S. The smallest absolute Gasteiger partial charge is 0.271 e. The number of ether oxygens (including phenoxy) is 1. The molecule has 2 aromatic carbocycles. The molecule has 2 N–H and O–H groups in total. The Morgan fingerprint density at radius 2 is 2.00 bits per heavy atom. The van der Waals surface area contributed by atoms with E-state index in [-0.39, 0.29) is 16.8 Å². The van der Waals surface area contributed by atoms with Crippen LogP contribution in [0.25, 0.3) is 6.08 Å². The highest BCUT2D eigenvalue weighted by Gasteiger charge is 2.33. The van der Waals surface area contributed by atoms with Gasteiger partial charge in [-0.2, -0.15) is 0 Å². The van der Waals surface area contributed by atoms with Gasteiger partial charge >= 0.3 is 0 Å². The summed E-state index contributed by atoms with van der Waals surface area (Å²) in [7, 11) is 0. The third-order valence-electron chi connectivity index (χ3n) is 3.57. The number of benzene rings is 2. The maximum atomic E-state index is 12.7. The van der Waals surface area contributed by atoms with Crippen LogP contribution in [-0.2, 0) is 4.79 Å². The van der Waals surface area contributed by atoms with E-state index in [1.807, 2.05) is 6.92 Å². The van der Waals surface area contributed by atoms with Crippen LogP contribution in [0.1, 0.15) is 12.5 Å². The molecular weight excluding hydrogens is 395 g/mol. The molecule has 3 rings (SSSR count). The van der Waals surface area contributed by atoms with Gasteiger partial charge in [0.1, 0.15) is 0 Å². The van der Waals surface area contributed by atoms with Gasteiger partial charge in [-0.25, -0.2) is 0 Å². The molecule has 0 aromatic heterocycles. The molecule has 8 heteroatoms. The number of halogens is 2. The van der Waals surface area contributed by atoms with E-state index in [4.69, 9.17) is 33.3 Å². The van der Waals surface area contributed by atoms with Crippen molar-refractivity contribution in [2.45, 2.75) is 6.92 Å². The van der Waals surface area contributed by atoms with Crippen LogP contribution < -0.4 is 9.64 Å². The van der Waals surface area contributed by atoms with Gasteiger partial charge in [0.2, 0.25) is 0 Å². The number of nitrogens with one attached hydrogen (secondary N) is 1. The molecule has 0 saturated carbocycles. The predicted molar refractivity (Wildman–Crippen MR) is 107 cm³/mol. The van der Waals surface area contributed by atoms with E-state index in [1.54, 1.807) is 36.4 Å². The first-order valence-corrected chi connectivity index (χ1v) is 9.21. The van der Waals surface area contributed by atoms with E-state index in [0.717, 1.165) is 11.8 Å². The van der Waals surface area contributed by atoms with E-state index in [9.17, 15) is 9.90 Å². The maximum absolute atomic E-state index is 12.7. The number of amides is 1. The lowest BCUT2D eigenvalue weighted by molar-refractivity contribution is -0.113. The number of anilines is 1. The predicted octanol–water partition coefficient (Wildman–Crippen LogP) is 5.15. The van der Waals surface area contributed by atoms with E-state index in [0.29, 0.717) is 38.6 Å². The number of rotatable bonds is 4. The van der Waals surface area contributed by atoms with Gasteiger partial charge in [-0.05, 0) is 60.7 Å². The van der Waals surface area contributed by atoms with Crippen molar-refractivity contribution in [3.8, 4) is 11.5 Å². The highest BCUT2D eigenvalue weighted by molar-refractivity contribution is 8.19. The molecule has 1 aliphatic rings. The maximum Gasteiger partial charge on any atom is 0.271 e. The van der Waals surface area contributed by atoms with Crippen LogP contribution in [0.2, 0.25) is 10.0 Å². The molecule has 0 aliphatic carbocycles. The minimum atomic E-state index is -0.329. The zero-order chi connectivity index (χ0) is 18.8. The fraction of sp³-hybridized carbons (Fsp3) is 0.111. The Hall–Kier alpha value is -2.15. The number of hydrogen-bond donors (Lipinski definition) is 2. The Kier molecular flexibility index (Phi) is 5.46. The van der Waals surface area contributed by atoms with Gasteiger partial charge in [0, 0.05) is 0 Å². The summed E-state index contributed by atoms with van der Waals surface area (Å²) in [6.07, 6.45) is 1.65. The van der Waals surface area contributed by atoms with Crippen molar-refractivity contribution in [3.63, 3.8) is 0 Å². The first-order valence-electron chi connectivity index (χ1n) is 7.64. The second-order valence-electron chi connectivity index (χ2n) is 5.31. The van der Waals surface area contributed by atoms with Crippen LogP contribution in [0, 0.1) is 5.41 Å². The quantitative estimate of drug-likeness (QED) is 0.685. The van der Waals surface area contributed by atoms with Crippen molar-refractivity contribution >= 4 is 57.8 Å². The number of phenols is 1. The van der Waals surface area contributed by atoms with Crippen LogP contribution >= 0.6 is 35.0 Å². The van der Waals surface area contributed by atoms with Crippen LogP contribution in [0.5, 0.6) is 11.5 Å². The van der Waals surface area contributed by atoms with Gasteiger partial charge in [-0.1, -0.05) is 29.3 Å². The molecule has 26 heavy (non-hydrogen) atoms. The molecule has 0 unspecified atom stereocenters. The van der Waals surface area contributed by atoms with Crippen LogP contribution in [-0.4, -0.2) is 22.8 Å². The monoisotopic (exact) mass is 408 g/mol. The number of amidine groups is 1. The Bertz CT molecular complexity index is 931. The largest absolute Gasteiger partial charge is 0.504 e. The fourth-order valence-corrected chi connectivity index (χ4v) is 3.54. The van der Waals surface area contributed by atoms with Gasteiger partial charge in [-0.15, -0.1) is 0 Å². The lowest BCUT2D eigenvalue weighted by Crippen LogP contribution is -2.28. The molecule has 0 atom stereocenters. The van der Waals surface area contributed by atoms with E-state index in [2.05, 4.69) is 0 Å². The minimum absolute atomic E-state index is 0.0320. The van der Waals surface area contributed by atoms with E-state index >= 15 is 0 Å². The summed E-state index contributed by atoms with van der Waals surface area (Å²) in [5, 5.41) is 18.7. The number of aromatic hydroxyl groups is 1. The lowest BCUT2D eigenvalue weighted by Gasteiger charge is -2.14. The SMILES string of the molecule is CCOc1cc(/C=C2\SC(=N)N(c3ccc(Cl)c(Cl)c3)C2=O)ccc1O. The number of thioether (sulfide) groups is 1. The van der Waals surface area contributed by atoms with Crippen molar-refractivity contribution in [3.05, 3.63) is 56.9 Å². The van der Waals surface area contributed by atoms with Crippen LogP contribution in [0.3, 0.4) is 0 Å². The zero-order valence-electron chi connectivity index (χ0n) is 13.6. The number of nitrogens with zero attached hydrogens (tertiary/aromatic N) is 1. The molecule has 1 heterocycles. The molecule has 1 fully saturated rings. The van der Waals surface area contributed by atoms with Crippen molar-refractivity contribution in [1.82, 2.24) is 0 Å². The van der Waals surface area contributed by atoms with Gasteiger partial charge in [0.25, 0.3) is 5.91 Å². The number of hydrogen-bond acceptors (Lipinski definition) is 5. The van der Waals surface area contributed by atoms with Gasteiger partial charge in [0.05, 0.1) is 27.2 Å². The molecule has 5 nitrogen and oxygen atoms in total. The summed E-state index contributed by atoms with van der Waals surface area (Å²) in [6, 6.07) is 9.59. The van der Waals surface area contributed by atoms with Crippen LogP contribution in [0.15, 0.2) is 41.3 Å². The van der Waals surface area contributed by atoms with Gasteiger partial charge in [0.15, 0.2) is 16.7 Å². The second kappa shape index (κ2) is 7.61. The minimum Gasteiger partial charge on any atom is -0.504 e. The summed E-state index contributed by atoms with van der Waals surface area (Å²) in [6.45, 7) is 2.23. The van der Waals surface area contributed by atoms with Crippen LogP contribution in [0.4, 0.5) is 5.69 Å². The normalized spacial score (nSPS) is 15.8. The first kappa shape index (κ1) is 18.6. The number of carbonyl (C=O) groups is 1. The zero-order valence-corrected chi connectivity index (χ0v) is 16.0. The summed E-state index contributed by atoms with van der Waals surface area (Å²) >= 11 is 13.0. The fourth-order valence-electron chi connectivity index (χ4n) is 2.39. The molecule has 0 radical (unpaired) electrons.